The molecule has 7 heteroatoms. The fourth-order valence-electron chi connectivity index (χ4n) is 3.89. The van der Waals surface area contributed by atoms with Crippen LogP contribution in [0, 0.1) is 5.92 Å². The van der Waals surface area contributed by atoms with Gasteiger partial charge >= 0.3 is 6.09 Å². The molecule has 2 N–H and O–H groups in total. The predicted octanol–water partition coefficient (Wildman–Crippen LogP) is 1.83. The van der Waals surface area contributed by atoms with Crippen LogP contribution in [0.25, 0.3) is 0 Å². The quantitative estimate of drug-likeness (QED) is 0.822. The van der Waals surface area contributed by atoms with Crippen molar-refractivity contribution in [2.45, 2.75) is 31.8 Å². The van der Waals surface area contributed by atoms with Gasteiger partial charge in [-0.15, -0.1) is 0 Å². The highest BCUT2D eigenvalue weighted by atomic mass is 16.4. The molecule has 7 nitrogen and oxygen atoms in total. The molecule has 1 aromatic carbocycles. The SMILES string of the molecule is CN(C)C1CCN(c2ccc(CNC(=O)C3CCN(C(=O)O)CC3)cc2)C1. The molecule has 148 valence electrons. The van der Waals surface area contributed by atoms with Gasteiger partial charge in [-0.2, -0.15) is 0 Å². The number of carboxylic acid groups (broad SMARTS) is 1. The van der Waals surface area contributed by atoms with Crippen molar-refractivity contribution in [2.24, 2.45) is 5.92 Å². The summed E-state index contributed by atoms with van der Waals surface area (Å²) in [5, 5.41) is 12.0. The molecule has 2 saturated heterocycles. The highest BCUT2D eigenvalue weighted by Gasteiger charge is 2.27. The van der Waals surface area contributed by atoms with Crippen molar-refractivity contribution in [1.82, 2.24) is 15.1 Å². The monoisotopic (exact) mass is 374 g/mol. The number of amides is 2. The minimum Gasteiger partial charge on any atom is -0.465 e. The molecule has 2 heterocycles. The minimum absolute atomic E-state index is 0.0254. The van der Waals surface area contributed by atoms with Gasteiger partial charge in [-0.25, -0.2) is 4.79 Å². The third-order valence-corrected chi connectivity index (χ3v) is 5.80. The van der Waals surface area contributed by atoms with Gasteiger partial charge in [-0.3, -0.25) is 4.79 Å². The van der Waals surface area contributed by atoms with Crippen molar-refractivity contribution in [3.05, 3.63) is 29.8 Å². The maximum absolute atomic E-state index is 12.3. The van der Waals surface area contributed by atoms with Crippen molar-refractivity contribution < 1.29 is 14.7 Å². The van der Waals surface area contributed by atoms with Crippen molar-refractivity contribution in [3.63, 3.8) is 0 Å². The molecule has 0 saturated carbocycles. The predicted molar refractivity (Wildman–Crippen MR) is 105 cm³/mol. The number of nitrogens with zero attached hydrogens (tertiary/aromatic N) is 3. The van der Waals surface area contributed by atoms with Crippen LogP contribution in [0.15, 0.2) is 24.3 Å². The number of hydrogen-bond acceptors (Lipinski definition) is 4. The maximum Gasteiger partial charge on any atom is 0.407 e. The maximum atomic E-state index is 12.3. The van der Waals surface area contributed by atoms with Gasteiger partial charge in [0.25, 0.3) is 0 Å². The third-order valence-electron chi connectivity index (χ3n) is 5.80. The molecule has 0 bridgehead atoms. The number of hydrogen-bond donors (Lipinski definition) is 2. The average Bonchev–Trinajstić information content (AvgIpc) is 3.17. The molecule has 1 aromatic rings. The smallest absolute Gasteiger partial charge is 0.407 e. The molecule has 0 aliphatic carbocycles. The number of likely N-dealkylation sites (N-methyl/N-ethyl adjacent to an activating group) is 1. The lowest BCUT2D eigenvalue weighted by molar-refractivity contribution is -0.126. The van der Waals surface area contributed by atoms with Gasteiger partial charge in [0, 0.05) is 50.4 Å². The lowest BCUT2D eigenvalue weighted by Crippen LogP contribution is -2.42. The molecule has 2 amide bonds. The van der Waals surface area contributed by atoms with Crippen LogP contribution < -0.4 is 10.2 Å². The Labute approximate surface area is 160 Å². The third kappa shape index (κ3) is 4.91. The Bertz CT molecular complexity index is 654. The van der Waals surface area contributed by atoms with E-state index in [0.29, 0.717) is 38.5 Å². The first-order valence-electron chi connectivity index (χ1n) is 9.70. The summed E-state index contributed by atoms with van der Waals surface area (Å²) in [5.74, 6) is -0.0649. The number of anilines is 1. The summed E-state index contributed by atoms with van der Waals surface area (Å²) in [6, 6.07) is 9.02. The first kappa shape index (κ1) is 19.5. The van der Waals surface area contributed by atoms with Crippen LogP contribution >= 0.6 is 0 Å². The number of rotatable bonds is 5. The summed E-state index contributed by atoms with van der Waals surface area (Å²) < 4.78 is 0. The number of carbonyl (C=O) groups excluding carboxylic acids is 1. The first-order valence-corrected chi connectivity index (χ1v) is 9.70. The van der Waals surface area contributed by atoms with Crippen LogP contribution in [0.5, 0.6) is 0 Å². The molecule has 2 fully saturated rings. The Hall–Kier alpha value is -2.28. The van der Waals surface area contributed by atoms with Gasteiger partial charge in [0.15, 0.2) is 0 Å². The van der Waals surface area contributed by atoms with E-state index in [1.165, 1.54) is 17.0 Å². The van der Waals surface area contributed by atoms with E-state index in [0.717, 1.165) is 18.7 Å². The van der Waals surface area contributed by atoms with Crippen molar-refractivity contribution >= 4 is 17.7 Å². The Morgan fingerprint density at radius 2 is 1.78 bits per heavy atom. The van der Waals surface area contributed by atoms with Crippen LogP contribution in [0.3, 0.4) is 0 Å². The molecule has 0 aromatic heterocycles. The van der Waals surface area contributed by atoms with Gasteiger partial charge < -0.3 is 25.1 Å². The number of nitrogens with one attached hydrogen (secondary N) is 1. The fourth-order valence-corrected chi connectivity index (χ4v) is 3.89. The average molecular weight is 374 g/mol. The summed E-state index contributed by atoms with van der Waals surface area (Å²) >= 11 is 0. The molecule has 3 rings (SSSR count). The molecule has 0 radical (unpaired) electrons. The van der Waals surface area contributed by atoms with E-state index in [1.54, 1.807) is 0 Å². The van der Waals surface area contributed by atoms with E-state index in [9.17, 15) is 9.59 Å². The van der Waals surface area contributed by atoms with E-state index in [2.05, 4.69) is 53.5 Å². The van der Waals surface area contributed by atoms with Gasteiger partial charge in [0.05, 0.1) is 0 Å². The number of piperidine rings is 1. The summed E-state index contributed by atoms with van der Waals surface area (Å²) in [4.78, 5) is 29.3. The summed E-state index contributed by atoms with van der Waals surface area (Å²) in [7, 11) is 4.26. The molecule has 0 spiro atoms. The fraction of sp³-hybridized carbons (Fsp3) is 0.600. The van der Waals surface area contributed by atoms with Crippen LogP contribution in [0.4, 0.5) is 10.5 Å². The van der Waals surface area contributed by atoms with E-state index in [-0.39, 0.29) is 11.8 Å². The molecule has 1 atom stereocenters. The topological polar surface area (TPSA) is 76.1 Å². The van der Waals surface area contributed by atoms with Crippen LogP contribution in [0.1, 0.15) is 24.8 Å². The van der Waals surface area contributed by atoms with Gasteiger partial charge in [-0.05, 0) is 51.1 Å². The van der Waals surface area contributed by atoms with E-state index in [1.807, 2.05) is 0 Å². The second kappa shape index (κ2) is 8.61. The van der Waals surface area contributed by atoms with E-state index < -0.39 is 6.09 Å². The Balaban J connectivity index is 1.45. The van der Waals surface area contributed by atoms with Crippen LogP contribution in [0.2, 0.25) is 0 Å². The summed E-state index contributed by atoms with van der Waals surface area (Å²) in [6.45, 7) is 3.52. The number of likely N-dealkylation sites (tertiary alicyclic amines) is 1. The molecule has 2 aliphatic rings. The highest BCUT2D eigenvalue weighted by Crippen LogP contribution is 2.23. The van der Waals surface area contributed by atoms with Crippen molar-refractivity contribution in [2.75, 3.05) is 45.2 Å². The summed E-state index contributed by atoms with van der Waals surface area (Å²) in [6.07, 6.45) is 1.48. The Morgan fingerprint density at radius 3 is 2.33 bits per heavy atom. The van der Waals surface area contributed by atoms with Crippen molar-refractivity contribution in [3.8, 4) is 0 Å². The zero-order valence-electron chi connectivity index (χ0n) is 16.2. The standard InChI is InChI=1S/C20H30N4O3/c1-22(2)18-9-12-24(14-18)17-5-3-15(4-6-17)13-21-19(25)16-7-10-23(11-8-16)20(26)27/h3-6,16,18H,7-14H2,1-2H3,(H,21,25)(H,26,27). The molecular formula is C20H30N4O3. The van der Waals surface area contributed by atoms with Gasteiger partial charge in [0.2, 0.25) is 5.91 Å². The molecule has 1 unspecified atom stereocenters. The minimum atomic E-state index is -0.899. The largest absolute Gasteiger partial charge is 0.465 e. The van der Waals surface area contributed by atoms with E-state index in [4.69, 9.17) is 5.11 Å². The van der Waals surface area contributed by atoms with E-state index >= 15 is 0 Å². The highest BCUT2D eigenvalue weighted by molar-refractivity contribution is 5.79. The lowest BCUT2D eigenvalue weighted by Gasteiger charge is -2.29. The van der Waals surface area contributed by atoms with Crippen LogP contribution in [-0.2, 0) is 11.3 Å². The molecule has 2 aliphatic heterocycles. The number of carbonyl (C=O) groups is 2. The molecular weight excluding hydrogens is 344 g/mol. The van der Waals surface area contributed by atoms with Gasteiger partial charge in [-0.1, -0.05) is 12.1 Å². The van der Waals surface area contributed by atoms with Crippen LogP contribution in [-0.4, -0.2) is 73.2 Å². The zero-order valence-corrected chi connectivity index (χ0v) is 16.2. The van der Waals surface area contributed by atoms with Gasteiger partial charge in [0.1, 0.15) is 0 Å². The summed E-state index contributed by atoms with van der Waals surface area (Å²) in [5.41, 5.74) is 2.31. The zero-order chi connectivity index (χ0) is 19.4. The Morgan fingerprint density at radius 1 is 1.11 bits per heavy atom. The lowest BCUT2D eigenvalue weighted by atomic mass is 9.96. The van der Waals surface area contributed by atoms with Crippen molar-refractivity contribution in [1.29, 1.82) is 0 Å². The normalized spacial score (nSPS) is 20.9. The second-order valence-electron chi connectivity index (χ2n) is 7.78. The first-order chi connectivity index (χ1) is 12.9. The molecule has 27 heavy (non-hydrogen) atoms. The number of benzene rings is 1. The Kier molecular flexibility index (Phi) is 6.21. The second-order valence-corrected chi connectivity index (χ2v) is 7.78.